The number of hydrogen-bond acceptors (Lipinski definition) is 5. The van der Waals surface area contributed by atoms with Gasteiger partial charge in [0.2, 0.25) is 0 Å². The third-order valence-electron chi connectivity index (χ3n) is 2.64. The van der Waals surface area contributed by atoms with Crippen molar-refractivity contribution in [2.75, 3.05) is 11.9 Å². The summed E-state index contributed by atoms with van der Waals surface area (Å²) in [5, 5.41) is 13.4. The molecule has 7 heteroatoms. The van der Waals surface area contributed by atoms with Crippen LogP contribution in [0.5, 0.6) is 0 Å². The molecule has 1 heterocycles. The zero-order valence-corrected chi connectivity index (χ0v) is 12.6. The van der Waals surface area contributed by atoms with Gasteiger partial charge in [0.05, 0.1) is 5.56 Å². The molecule has 0 saturated carbocycles. The summed E-state index contributed by atoms with van der Waals surface area (Å²) >= 11 is 1.20. The standard InChI is InChI=1S/C16H11FN2O3S/c17-13-3-1-2-11(8-13)4-5-15(21)22-10-14(20)19-16-12(9-18)6-7-23-16/h1-8H,10H2,(H,19,20). The fraction of sp³-hybridized carbons (Fsp3) is 0.0625. The first kappa shape index (κ1) is 16.4. The first-order valence-electron chi connectivity index (χ1n) is 6.46. The van der Waals surface area contributed by atoms with E-state index in [0.29, 0.717) is 16.1 Å². The summed E-state index contributed by atoms with van der Waals surface area (Å²) < 4.78 is 17.7. The lowest BCUT2D eigenvalue weighted by Gasteiger charge is -2.03. The van der Waals surface area contributed by atoms with Crippen molar-refractivity contribution in [2.45, 2.75) is 0 Å². The second-order valence-corrected chi connectivity index (χ2v) is 5.24. The maximum absolute atomic E-state index is 13.0. The number of carbonyl (C=O) groups is 2. The number of halogens is 1. The van der Waals surface area contributed by atoms with E-state index in [1.165, 1.54) is 35.6 Å². The maximum atomic E-state index is 13.0. The van der Waals surface area contributed by atoms with Crippen LogP contribution in [0.4, 0.5) is 9.39 Å². The van der Waals surface area contributed by atoms with Crippen molar-refractivity contribution in [2.24, 2.45) is 0 Å². The van der Waals surface area contributed by atoms with Crippen molar-refractivity contribution in [3.8, 4) is 6.07 Å². The van der Waals surface area contributed by atoms with Crippen LogP contribution in [0.25, 0.3) is 6.08 Å². The van der Waals surface area contributed by atoms with E-state index in [1.807, 2.05) is 6.07 Å². The average Bonchev–Trinajstić information content (AvgIpc) is 2.98. The predicted octanol–water partition coefficient (Wildman–Crippen LogP) is 2.95. The molecule has 2 rings (SSSR count). The van der Waals surface area contributed by atoms with Crippen LogP contribution in [0.2, 0.25) is 0 Å². The second-order valence-electron chi connectivity index (χ2n) is 4.32. The van der Waals surface area contributed by atoms with Crippen LogP contribution in [0.1, 0.15) is 11.1 Å². The van der Waals surface area contributed by atoms with Gasteiger partial charge < -0.3 is 10.1 Å². The Morgan fingerprint density at radius 1 is 1.39 bits per heavy atom. The molecule has 1 aromatic carbocycles. The van der Waals surface area contributed by atoms with Crippen LogP contribution >= 0.6 is 11.3 Å². The number of nitrogens with one attached hydrogen (secondary N) is 1. The number of hydrogen-bond donors (Lipinski definition) is 1. The van der Waals surface area contributed by atoms with Gasteiger partial charge in [-0.25, -0.2) is 9.18 Å². The summed E-state index contributed by atoms with van der Waals surface area (Å²) in [6.45, 7) is -0.477. The molecule has 0 bridgehead atoms. The normalized spacial score (nSPS) is 10.3. The summed E-state index contributed by atoms with van der Waals surface area (Å²) in [6.07, 6.45) is 2.49. The quantitative estimate of drug-likeness (QED) is 0.675. The number of ether oxygens (including phenoxy) is 1. The Morgan fingerprint density at radius 3 is 2.96 bits per heavy atom. The third kappa shape index (κ3) is 5.05. The lowest BCUT2D eigenvalue weighted by Crippen LogP contribution is -2.19. The van der Waals surface area contributed by atoms with Crippen LogP contribution in [0.15, 0.2) is 41.8 Å². The minimum Gasteiger partial charge on any atom is -0.452 e. The van der Waals surface area contributed by atoms with Gasteiger partial charge >= 0.3 is 5.97 Å². The molecule has 1 aromatic heterocycles. The van der Waals surface area contributed by atoms with E-state index in [-0.39, 0.29) is 0 Å². The van der Waals surface area contributed by atoms with Gasteiger partial charge in [-0.3, -0.25) is 4.79 Å². The molecule has 0 unspecified atom stereocenters. The molecule has 0 atom stereocenters. The lowest BCUT2D eigenvalue weighted by molar-refractivity contribution is -0.142. The molecule has 5 nitrogen and oxygen atoms in total. The first-order chi connectivity index (χ1) is 11.1. The molecule has 0 radical (unpaired) electrons. The number of thiophene rings is 1. The highest BCUT2D eigenvalue weighted by atomic mass is 32.1. The molecular weight excluding hydrogens is 319 g/mol. The second kappa shape index (κ2) is 7.87. The number of esters is 1. The molecule has 0 aliphatic rings. The highest BCUT2D eigenvalue weighted by Gasteiger charge is 2.09. The van der Waals surface area contributed by atoms with Crippen LogP contribution < -0.4 is 5.32 Å². The Hall–Kier alpha value is -2.98. The van der Waals surface area contributed by atoms with Crippen molar-refractivity contribution in [1.82, 2.24) is 0 Å². The van der Waals surface area contributed by atoms with Crippen molar-refractivity contribution < 1.29 is 18.7 Å². The summed E-state index contributed by atoms with van der Waals surface area (Å²) in [6, 6.07) is 9.20. The largest absolute Gasteiger partial charge is 0.452 e. The lowest BCUT2D eigenvalue weighted by atomic mass is 10.2. The summed E-state index contributed by atoms with van der Waals surface area (Å²) in [7, 11) is 0. The molecule has 0 saturated heterocycles. The third-order valence-corrected chi connectivity index (χ3v) is 3.47. The number of nitrogens with zero attached hydrogens (tertiary/aromatic N) is 1. The Balaban J connectivity index is 1.82. The van der Waals surface area contributed by atoms with E-state index in [9.17, 15) is 14.0 Å². The number of nitriles is 1. The van der Waals surface area contributed by atoms with E-state index in [0.717, 1.165) is 6.08 Å². The van der Waals surface area contributed by atoms with Gasteiger partial charge in [0.1, 0.15) is 16.9 Å². The van der Waals surface area contributed by atoms with E-state index in [4.69, 9.17) is 10.00 Å². The topological polar surface area (TPSA) is 79.2 Å². The molecule has 1 amide bonds. The van der Waals surface area contributed by atoms with E-state index in [1.54, 1.807) is 17.5 Å². The summed E-state index contributed by atoms with van der Waals surface area (Å²) in [4.78, 5) is 23.1. The molecule has 0 aliphatic heterocycles. The van der Waals surface area contributed by atoms with Crippen LogP contribution in [0.3, 0.4) is 0 Å². The van der Waals surface area contributed by atoms with Crippen molar-refractivity contribution in [3.63, 3.8) is 0 Å². The smallest absolute Gasteiger partial charge is 0.331 e. The first-order valence-corrected chi connectivity index (χ1v) is 7.34. The van der Waals surface area contributed by atoms with Crippen molar-refractivity contribution >= 4 is 34.3 Å². The zero-order valence-electron chi connectivity index (χ0n) is 11.8. The van der Waals surface area contributed by atoms with Crippen LogP contribution in [0, 0.1) is 17.1 Å². The number of amides is 1. The monoisotopic (exact) mass is 330 g/mol. The molecular formula is C16H11FN2O3S. The minimum atomic E-state index is -0.726. The Kier molecular flexibility index (Phi) is 5.61. The van der Waals surface area contributed by atoms with Gasteiger partial charge in [-0.15, -0.1) is 11.3 Å². The van der Waals surface area contributed by atoms with Crippen LogP contribution in [-0.2, 0) is 14.3 Å². The minimum absolute atomic E-state index is 0.348. The van der Waals surface area contributed by atoms with Gasteiger partial charge in [0, 0.05) is 6.08 Å². The number of carbonyl (C=O) groups excluding carboxylic acids is 2. The van der Waals surface area contributed by atoms with E-state index >= 15 is 0 Å². The SMILES string of the molecule is N#Cc1ccsc1NC(=O)COC(=O)C=Cc1cccc(F)c1. The zero-order chi connectivity index (χ0) is 16.7. The number of rotatable bonds is 5. The molecule has 23 heavy (non-hydrogen) atoms. The Bertz CT molecular complexity index is 793. The number of anilines is 1. The summed E-state index contributed by atoms with van der Waals surface area (Å²) in [5.74, 6) is -1.68. The van der Waals surface area contributed by atoms with Gasteiger partial charge in [-0.2, -0.15) is 5.26 Å². The van der Waals surface area contributed by atoms with Gasteiger partial charge in [-0.05, 0) is 35.2 Å². The highest BCUT2D eigenvalue weighted by molar-refractivity contribution is 7.14. The Morgan fingerprint density at radius 2 is 2.22 bits per heavy atom. The molecule has 0 spiro atoms. The fourth-order valence-corrected chi connectivity index (χ4v) is 2.37. The molecule has 1 N–H and O–H groups in total. The van der Waals surface area contributed by atoms with Crippen molar-refractivity contribution in [3.05, 3.63) is 58.7 Å². The van der Waals surface area contributed by atoms with Gasteiger partial charge in [0.25, 0.3) is 5.91 Å². The summed E-state index contributed by atoms with van der Waals surface area (Å²) in [5.41, 5.74) is 0.851. The molecule has 2 aromatic rings. The Labute approximate surface area is 135 Å². The molecule has 0 fully saturated rings. The maximum Gasteiger partial charge on any atom is 0.331 e. The van der Waals surface area contributed by atoms with Crippen molar-refractivity contribution in [1.29, 1.82) is 5.26 Å². The van der Waals surface area contributed by atoms with Crippen LogP contribution in [-0.4, -0.2) is 18.5 Å². The molecule has 116 valence electrons. The van der Waals surface area contributed by atoms with E-state index < -0.39 is 24.3 Å². The van der Waals surface area contributed by atoms with E-state index in [2.05, 4.69) is 5.32 Å². The van der Waals surface area contributed by atoms with Gasteiger partial charge in [-0.1, -0.05) is 12.1 Å². The van der Waals surface area contributed by atoms with Gasteiger partial charge in [0.15, 0.2) is 6.61 Å². The average molecular weight is 330 g/mol. The molecule has 0 aliphatic carbocycles. The highest BCUT2D eigenvalue weighted by Crippen LogP contribution is 2.21. The predicted molar refractivity (Wildman–Crippen MR) is 84.1 cm³/mol. The fourth-order valence-electron chi connectivity index (χ4n) is 1.62. The number of benzene rings is 1.